The summed E-state index contributed by atoms with van der Waals surface area (Å²) in [5, 5.41) is 9.30. The molecule has 3 fully saturated rings. The number of hydrogen-bond donors (Lipinski definition) is 0. The SMILES string of the molecule is CO[C@@H]1C[C@@H]([C@H](C)Oc2cc(-c3ccn(C4COC4)n3)nc(-c3noc4c3CCC[C@@]43CCCCC3=O)n2)N(C)C1. The van der Waals surface area contributed by atoms with Gasteiger partial charge in [0, 0.05) is 43.9 Å². The maximum Gasteiger partial charge on any atom is 0.217 e. The summed E-state index contributed by atoms with van der Waals surface area (Å²) in [5.41, 5.74) is 2.38. The van der Waals surface area contributed by atoms with Crippen LogP contribution in [0.3, 0.4) is 0 Å². The van der Waals surface area contributed by atoms with Gasteiger partial charge in [-0.05, 0) is 58.6 Å². The van der Waals surface area contributed by atoms with Crippen molar-refractivity contribution in [2.45, 2.75) is 88.0 Å². The van der Waals surface area contributed by atoms with E-state index in [0.29, 0.717) is 42.7 Å². The van der Waals surface area contributed by atoms with Crippen molar-refractivity contribution in [2.24, 2.45) is 0 Å². The van der Waals surface area contributed by atoms with Crippen LogP contribution in [-0.2, 0) is 26.1 Å². The monoisotopic (exact) mass is 562 g/mol. The molecule has 1 spiro atoms. The molecule has 4 atom stereocenters. The van der Waals surface area contributed by atoms with E-state index in [4.69, 9.17) is 33.8 Å². The number of carbonyl (C=O) groups excluding carboxylic acids is 1. The van der Waals surface area contributed by atoms with E-state index in [-0.39, 0.29) is 30.1 Å². The first kappa shape index (κ1) is 26.7. The zero-order valence-corrected chi connectivity index (χ0v) is 24.0. The molecule has 7 rings (SSSR count). The lowest BCUT2D eigenvalue weighted by Gasteiger charge is -2.36. The van der Waals surface area contributed by atoms with Gasteiger partial charge in [0.1, 0.15) is 17.6 Å². The second-order valence-corrected chi connectivity index (χ2v) is 12.1. The van der Waals surface area contributed by atoms with Crippen LogP contribution in [0.15, 0.2) is 22.9 Å². The predicted molar refractivity (Wildman–Crippen MR) is 149 cm³/mol. The fourth-order valence-corrected chi connectivity index (χ4v) is 7.12. The largest absolute Gasteiger partial charge is 0.473 e. The lowest BCUT2D eigenvalue weighted by molar-refractivity contribution is -0.128. The Morgan fingerprint density at radius 3 is 2.73 bits per heavy atom. The Labute approximate surface area is 239 Å². The summed E-state index contributed by atoms with van der Waals surface area (Å²) < 4.78 is 25.4. The Balaban J connectivity index is 1.26. The number of likely N-dealkylation sites (N-methyl/N-ethyl adjacent to an activating group) is 1. The molecule has 5 heterocycles. The molecule has 0 aromatic carbocycles. The number of likely N-dealkylation sites (tertiary alicyclic amines) is 1. The molecule has 0 unspecified atom stereocenters. The summed E-state index contributed by atoms with van der Waals surface area (Å²) in [6.07, 6.45) is 8.81. The van der Waals surface area contributed by atoms with Crippen molar-refractivity contribution in [3.8, 4) is 28.8 Å². The molecule has 0 bridgehead atoms. The number of carbonyl (C=O) groups is 1. The first-order valence-corrected chi connectivity index (χ1v) is 14.9. The van der Waals surface area contributed by atoms with Crippen molar-refractivity contribution >= 4 is 5.78 Å². The van der Waals surface area contributed by atoms with Gasteiger partial charge < -0.3 is 18.7 Å². The number of nitrogens with zero attached hydrogens (tertiary/aromatic N) is 6. The number of hydrogen-bond acceptors (Lipinski definition) is 10. The summed E-state index contributed by atoms with van der Waals surface area (Å²) in [4.78, 5) is 25.3. The van der Waals surface area contributed by atoms with Crippen molar-refractivity contribution < 1.29 is 23.5 Å². The number of Topliss-reactive ketones (excluding diaryl/α,β-unsaturated/α-hetero) is 1. The van der Waals surface area contributed by atoms with Crippen LogP contribution in [0.5, 0.6) is 5.88 Å². The zero-order chi connectivity index (χ0) is 28.1. The molecular weight excluding hydrogens is 524 g/mol. The third-order valence-electron chi connectivity index (χ3n) is 9.57. The number of rotatable bonds is 7. The Hall–Kier alpha value is -3.15. The quantitative estimate of drug-likeness (QED) is 0.421. The highest BCUT2D eigenvalue weighted by Crippen LogP contribution is 2.47. The average molecular weight is 563 g/mol. The van der Waals surface area contributed by atoms with Gasteiger partial charge in [-0.1, -0.05) is 11.6 Å². The number of ether oxygens (including phenoxy) is 3. The van der Waals surface area contributed by atoms with Crippen LogP contribution >= 0.6 is 0 Å². The molecule has 0 N–H and O–H groups in total. The molecule has 0 radical (unpaired) electrons. The van der Waals surface area contributed by atoms with E-state index in [1.807, 2.05) is 23.0 Å². The minimum absolute atomic E-state index is 0.130. The number of methoxy groups -OCH3 is 1. The summed E-state index contributed by atoms with van der Waals surface area (Å²) in [6, 6.07) is 4.24. The molecule has 41 heavy (non-hydrogen) atoms. The second-order valence-electron chi connectivity index (χ2n) is 12.1. The molecule has 2 saturated heterocycles. The first-order valence-electron chi connectivity index (χ1n) is 14.9. The maximum atomic E-state index is 13.2. The van der Waals surface area contributed by atoms with E-state index in [1.54, 1.807) is 7.11 Å². The van der Waals surface area contributed by atoms with Crippen LogP contribution < -0.4 is 4.74 Å². The smallest absolute Gasteiger partial charge is 0.217 e. The minimum Gasteiger partial charge on any atom is -0.473 e. The van der Waals surface area contributed by atoms with Crippen LogP contribution in [0.1, 0.15) is 69.2 Å². The van der Waals surface area contributed by atoms with Crippen molar-refractivity contribution in [2.75, 3.05) is 33.9 Å². The zero-order valence-electron chi connectivity index (χ0n) is 24.0. The van der Waals surface area contributed by atoms with E-state index in [1.165, 1.54) is 0 Å². The summed E-state index contributed by atoms with van der Waals surface area (Å²) >= 11 is 0. The van der Waals surface area contributed by atoms with Crippen molar-refractivity contribution in [3.63, 3.8) is 0 Å². The van der Waals surface area contributed by atoms with Gasteiger partial charge in [-0.3, -0.25) is 14.4 Å². The highest BCUT2D eigenvalue weighted by atomic mass is 16.5. The van der Waals surface area contributed by atoms with Gasteiger partial charge in [0.2, 0.25) is 5.88 Å². The number of fused-ring (bicyclic) bond motifs is 2. The second kappa shape index (κ2) is 10.6. The van der Waals surface area contributed by atoms with Gasteiger partial charge in [0.05, 0.1) is 36.5 Å². The normalized spacial score (nSPS) is 27.6. The van der Waals surface area contributed by atoms with Gasteiger partial charge in [-0.25, -0.2) is 4.98 Å². The van der Waals surface area contributed by atoms with Crippen LogP contribution in [0.4, 0.5) is 0 Å². The van der Waals surface area contributed by atoms with E-state index in [0.717, 1.165) is 68.5 Å². The third-order valence-corrected chi connectivity index (χ3v) is 9.57. The minimum atomic E-state index is -0.558. The van der Waals surface area contributed by atoms with E-state index in [9.17, 15) is 4.79 Å². The molecule has 1 saturated carbocycles. The standard InChI is InChI=1S/C30H38N6O5/c1-18(24-13-20(38-3)15-35(24)2)40-26-14-23(22-9-12-36(33-22)19-16-39-17-19)31-29(32-26)27-21-7-6-11-30(28(21)41-34-27)10-5-4-8-25(30)37/h9,12,14,18-20,24H,4-8,10-11,13,15-17H2,1-3H3/t18-,20+,24-,30+/m0/s1. The van der Waals surface area contributed by atoms with Crippen LogP contribution in [0, 0.1) is 0 Å². The Kier molecular flexibility index (Phi) is 6.91. The topological polar surface area (TPSA) is 118 Å². The van der Waals surface area contributed by atoms with Crippen molar-refractivity contribution in [1.82, 2.24) is 29.8 Å². The highest BCUT2D eigenvalue weighted by molar-refractivity contribution is 5.91. The molecule has 11 heteroatoms. The Bertz CT molecular complexity index is 1430. The van der Waals surface area contributed by atoms with E-state index in [2.05, 4.69) is 24.0 Å². The summed E-state index contributed by atoms with van der Waals surface area (Å²) in [5.74, 6) is 1.90. The molecule has 4 aliphatic rings. The summed E-state index contributed by atoms with van der Waals surface area (Å²) in [6.45, 7) is 4.25. The molecular formula is C30H38N6O5. The predicted octanol–water partition coefficient (Wildman–Crippen LogP) is 3.77. The van der Waals surface area contributed by atoms with Crippen molar-refractivity contribution in [1.29, 1.82) is 0 Å². The molecule has 2 aliphatic heterocycles. The highest BCUT2D eigenvalue weighted by Gasteiger charge is 2.48. The van der Waals surface area contributed by atoms with E-state index < -0.39 is 5.41 Å². The average Bonchev–Trinajstić information content (AvgIpc) is 3.68. The van der Waals surface area contributed by atoms with Crippen LogP contribution in [0.25, 0.3) is 22.9 Å². The molecule has 11 nitrogen and oxygen atoms in total. The van der Waals surface area contributed by atoms with Gasteiger partial charge >= 0.3 is 0 Å². The molecule has 3 aromatic heterocycles. The first-order chi connectivity index (χ1) is 19.9. The third kappa shape index (κ3) is 4.67. The van der Waals surface area contributed by atoms with Crippen molar-refractivity contribution in [3.05, 3.63) is 29.7 Å². The lowest BCUT2D eigenvalue weighted by Crippen LogP contribution is -2.41. The Morgan fingerprint density at radius 1 is 1.12 bits per heavy atom. The fraction of sp³-hybridized carbons (Fsp3) is 0.633. The van der Waals surface area contributed by atoms with Gasteiger partial charge in [-0.15, -0.1) is 0 Å². The molecule has 3 aromatic rings. The van der Waals surface area contributed by atoms with Crippen LogP contribution in [0.2, 0.25) is 0 Å². The molecule has 0 amide bonds. The van der Waals surface area contributed by atoms with Gasteiger partial charge in [0.15, 0.2) is 17.3 Å². The van der Waals surface area contributed by atoms with Gasteiger partial charge in [0.25, 0.3) is 0 Å². The number of aromatic nitrogens is 5. The lowest BCUT2D eigenvalue weighted by atomic mass is 9.64. The van der Waals surface area contributed by atoms with E-state index >= 15 is 0 Å². The summed E-state index contributed by atoms with van der Waals surface area (Å²) in [7, 11) is 3.86. The Morgan fingerprint density at radius 2 is 1.98 bits per heavy atom. The van der Waals surface area contributed by atoms with Gasteiger partial charge in [-0.2, -0.15) is 10.1 Å². The maximum absolute atomic E-state index is 13.2. The molecule has 2 aliphatic carbocycles. The fourth-order valence-electron chi connectivity index (χ4n) is 7.12. The number of ketones is 1. The molecule has 218 valence electrons. The van der Waals surface area contributed by atoms with Crippen LogP contribution in [-0.4, -0.2) is 87.8 Å².